The highest BCUT2D eigenvalue weighted by Crippen LogP contribution is 2.29. The summed E-state index contributed by atoms with van der Waals surface area (Å²) in [6.45, 7) is 5.80. The second-order valence-electron chi connectivity index (χ2n) is 6.91. The number of amides is 1. The smallest absolute Gasteiger partial charge is 0.251 e. The van der Waals surface area contributed by atoms with Crippen molar-refractivity contribution in [3.05, 3.63) is 58.7 Å². The first kappa shape index (κ1) is 19.2. The molecule has 5 heteroatoms. The van der Waals surface area contributed by atoms with E-state index in [0.29, 0.717) is 30.2 Å². The lowest BCUT2D eigenvalue weighted by molar-refractivity contribution is 0.0669. The first-order valence-corrected chi connectivity index (χ1v) is 9.33. The summed E-state index contributed by atoms with van der Waals surface area (Å²) in [5.74, 6) is 1.26. The van der Waals surface area contributed by atoms with Crippen molar-refractivity contribution in [1.29, 1.82) is 0 Å². The van der Waals surface area contributed by atoms with Crippen LogP contribution >= 0.6 is 0 Å². The van der Waals surface area contributed by atoms with Gasteiger partial charge in [-0.15, -0.1) is 0 Å². The van der Waals surface area contributed by atoms with E-state index in [-0.39, 0.29) is 12.0 Å². The Hall–Kier alpha value is -2.53. The Morgan fingerprint density at radius 3 is 2.70 bits per heavy atom. The molecule has 144 valence electrons. The van der Waals surface area contributed by atoms with Gasteiger partial charge in [0.25, 0.3) is 5.91 Å². The number of aryl methyl sites for hydroxylation is 2. The molecule has 1 N–H and O–H groups in total. The number of benzene rings is 2. The lowest BCUT2D eigenvalue weighted by Crippen LogP contribution is -2.23. The molecule has 2 aromatic carbocycles. The average molecular weight is 369 g/mol. The van der Waals surface area contributed by atoms with Crippen LogP contribution in [0.3, 0.4) is 0 Å². The summed E-state index contributed by atoms with van der Waals surface area (Å²) >= 11 is 0. The van der Waals surface area contributed by atoms with Gasteiger partial charge in [-0.2, -0.15) is 0 Å². The normalized spacial score (nSPS) is 16.2. The first-order chi connectivity index (χ1) is 13.1. The van der Waals surface area contributed by atoms with Gasteiger partial charge in [0.15, 0.2) is 11.5 Å². The van der Waals surface area contributed by atoms with Gasteiger partial charge in [-0.25, -0.2) is 0 Å². The zero-order chi connectivity index (χ0) is 19.2. The number of ether oxygens (including phenoxy) is 3. The van der Waals surface area contributed by atoms with Crippen LogP contribution in [0, 0.1) is 13.8 Å². The molecule has 3 rings (SSSR count). The van der Waals surface area contributed by atoms with Gasteiger partial charge in [0.05, 0.1) is 13.2 Å². The van der Waals surface area contributed by atoms with E-state index in [1.807, 2.05) is 50.2 Å². The molecule has 5 nitrogen and oxygen atoms in total. The third kappa shape index (κ3) is 5.01. The highest BCUT2D eigenvalue weighted by molar-refractivity contribution is 5.94. The average Bonchev–Trinajstić information content (AvgIpc) is 3.20. The van der Waals surface area contributed by atoms with Crippen LogP contribution in [-0.2, 0) is 11.3 Å². The van der Waals surface area contributed by atoms with Crippen LogP contribution < -0.4 is 14.8 Å². The van der Waals surface area contributed by atoms with Gasteiger partial charge in [0, 0.05) is 18.7 Å². The maximum Gasteiger partial charge on any atom is 0.251 e. The number of hydrogen-bond acceptors (Lipinski definition) is 4. The molecule has 1 amide bonds. The fourth-order valence-electron chi connectivity index (χ4n) is 3.07. The molecule has 1 aliphatic rings. The summed E-state index contributed by atoms with van der Waals surface area (Å²) in [4.78, 5) is 12.4. The summed E-state index contributed by atoms with van der Waals surface area (Å²) in [6, 6.07) is 11.4. The standard InChI is InChI=1S/C22H27NO4/c1-15-6-8-18(11-16(15)2)22(24)23-13-17-7-9-20(21(12-17)25-3)27-14-19-5-4-10-26-19/h6-9,11-12,19H,4-5,10,13-14H2,1-3H3,(H,23,24)/t19-/m1/s1. The Morgan fingerprint density at radius 2 is 2.00 bits per heavy atom. The zero-order valence-electron chi connectivity index (χ0n) is 16.2. The minimum atomic E-state index is -0.0872. The number of hydrogen-bond donors (Lipinski definition) is 1. The van der Waals surface area contributed by atoms with Gasteiger partial charge in [0.1, 0.15) is 6.61 Å². The van der Waals surface area contributed by atoms with Crippen LogP contribution in [0.1, 0.15) is 39.9 Å². The predicted octanol–water partition coefficient (Wildman–Crippen LogP) is 3.80. The molecule has 1 aliphatic heterocycles. The molecule has 0 radical (unpaired) electrons. The topological polar surface area (TPSA) is 56.8 Å². The second-order valence-corrected chi connectivity index (χ2v) is 6.91. The Morgan fingerprint density at radius 1 is 1.15 bits per heavy atom. The Bertz CT molecular complexity index is 797. The van der Waals surface area contributed by atoms with Crippen LogP contribution in [0.25, 0.3) is 0 Å². The number of carbonyl (C=O) groups is 1. The number of carbonyl (C=O) groups excluding carboxylic acids is 1. The molecule has 1 heterocycles. The maximum atomic E-state index is 12.4. The van der Waals surface area contributed by atoms with Crippen molar-refractivity contribution < 1.29 is 19.0 Å². The van der Waals surface area contributed by atoms with Crippen molar-refractivity contribution >= 4 is 5.91 Å². The first-order valence-electron chi connectivity index (χ1n) is 9.33. The number of methoxy groups -OCH3 is 1. The molecule has 1 atom stereocenters. The molecular weight excluding hydrogens is 342 g/mol. The van der Waals surface area contributed by atoms with Gasteiger partial charge in [0.2, 0.25) is 0 Å². The molecule has 0 aliphatic carbocycles. The lowest BCUT2D eigenvalue weighted by Gasteiger charge is -2.15. The van der Waals surface area contributed by atoms with Crippen molar-refractivity contribution in [2.24, 2.45) is 0 Å². The highest BCUT2D eigenvalue weighted by Gasteiger charge is 2.17. The summed E-state index contributed by atoms with van der Waals surface area (Å²) in [7, 11) is 1.62. The summed E-state index contributed by atoms with van der Waals surface area (Å²) < 4.78 is 16.9. The molecule has 0 unspecified atom stereocenters. The Balaban J connectivity index is 1.59. The van der Waals surface area contributed by atoms with Gasteiger partial charge in [-0.05, 0) is 67.6 Å². The fraction of sp³-hybridized carbons (Fsp3) is 0.409. The van der Waals surface area contributed by atoms with Crippen molar-refractivity contribution in [3.63, 3.8) is 0 Å². The minimum Gasteiger partial charge on any atom is -0.493 e. The lowest BCUT2D eigenvalue weighted by atomic mass is 10.1. The van der Waals surface area contributed by atoms with Crippen LogP contribution in [0.2, 0.25) is 0 Å². The number of rotatable bonds is 7. The van der Waals surface area contributed by atoms with E-state index in [0.717, 1.165) is 30.6 Å². The summed E-state index contributed by atoms with van der Waals surface area (Å²) in [5.41, 5.74) is 3.90. The maximum absolute atomic E-state index is 12.4. The highest BCUT2D eigenvalue weighted by atomic mass is 16.5. The molecule has 27 heavy (non-hydrogen) atoms. The molecule has 0 saturated carbocycles. The molecule has 0 spiro atoms. The monoisotopic (exact) mass is 369 g/mol. The Labute approximate surface area is 160 Å². The Kier molecular flexibility index (Phi) is 6.35. The van der Waals surface area contributed by atoms with Gasteiger partial charge in [-0.3, -0.25) is 4.79 Å². The van der Waals surface area contributed by atoms with Crippen LogP contribution in [0.15, 0.2) is 36.4 Å². The minimum absolute atomic E-state index is 0.0872. The molecule has 1 fully saturated rings. The number of nitrogens with one attached hydrogen (secondary N) is 1. The van der Waals surface area contributed by atoms with E-state index >= 15 is 0 Å². The van der Waals surface area contributed by atoms with E-state index in [1.165, 1.54) is 5.56 Å². The van der Waals surface area contributed by atoms with Crippen LogP contribution in [0.4, 0.5) is 0 Å². The van der Waals surface area contributed by atoms with E-state index in [4.69, 9.17) is 14.2 Å². The van der Waals surface area contributed by atoms with Crippen molar-refractivity contribution in [2.45, 2.75) is 39.3 Å². The zero-order valence-corrected chi connectivity index (χ0v) is 16.2. The molecule has 2 aromatic rings. The summed E-state index contributed by atoms with van der Waals surface area (Å²) in [6.07, 6.45) is 2.28. The largest absolute Gasteiger partial charge is 0.493 e. The third-order valence-corrected chi connectivity index (χ3v) is 4.90. The van der Waals surface area contributed by atoms with Crippen molar-refractivity contribution in [1.82, 2.24) is 5.32 Å². The van der Waals surface area contributed by atoms with Gasteiger partial charge in [-0.1, -0.05) is 12.1 Å². The van der Waals surface area contributed by atoms with E-state index < -0.39 is 0 Å². The predicted molar refractivity (Wildman–Crippen MR) is 105 cm³/mol. The molecular formula is C22H27NO4. The third-order valence-electron chi connectivity index (χ3n) is 4.90. The van der Waals surface area contributed by atoms with E-state index in [2.05, 4.69) is 5.32 Å². The SMILES string of the molecule is COc1cc(CNC(=O)c2ccc(C)c(C)c2)ccc1OC[C@H]1CCCO1. The fourth-order valence-corrected chi connectivity index (χ4v) is 3.07. The van der Waals surface area contributed by atoms with E-state index in [9.17, 15) is 4.79 Å². The van der Waals surface area contributed by atoms with Gasteiger partial charge < -0.3 is 19.5 Å². The van der Waals surface area contributed by atoms with Gasteiger partial charge >= 0.3 is 0 Å². The molecule has 1 saturated heterocycles. The quantitative estimate of drug-likeness (QED) is 0.807. The van der Waals surface area contributed by atoms with E-state index in [1.54, 1.807) is 7.11 Å². The summed E-state index contributed by atoms with van der Waals surface area (Å²) in [5, 5.41) is 2.95. The van der Waals surface area contributed by atoms with Crippen LogP contribution in [-0.4, -0.2) is 32.3 Å². The molecule has 0 aromatic heterocycles. The second kappa shape index (κ2) is 8.91. The van der Waals surface area contributed by atoms with Crippen LogP contribution in [0.5, 0.6) is 11.5 Å². The van der Waals surface area contributed by atoms with Crippen molar-refractivity contribution in [2.75, 3.05) is 20.3 Å². The molecule has 0 bridgehead atoms. The van der Waals surface area contributed by atoms with Crippen molar-refractivity contribution in [3.8, 4) is 11.5 Å².